The zero-order valence-corrected chi connectivity index (χ0v) is 17.8. The van der Waals surface area contributed by atoms with Crippen molar-refractivity contribution in [1.29, 1.82) is 0 Å². The SMILES string of the molecule is CC(=O)Nc1cccc(/C(C)=N\Nc2ccc(S(=O)(=O)c3ccc(C)cc3)cc2)c1. The Labute approximate surface area is 176 Å². The summed E-state index contributed by atoms with van der Waals surface area (Å²) in [7, 11) is -3.56. The maximum absolute atomic E-state index is 12.7. The van der Waals surface area contributed by atoms with Crippen LogP contribution < -0.4 is 10.7 Å². The Hall–Kier alpha value is -3.45. The number of nitrogens with one attached hydrogen (secondary N) is 2. The van der Waals surface area contributed by atoms with Crippen molar-refractivity contribution in [3.63, 3.8) is 0 Å². The van der Waals surface area contributed by atoms with Gasteiger partial charge in [-0.2, -0.15) is 5.10 Å². The molecule has 0 aliphatic carbocycles. The molecule has 0 aliphatic heterocycles. The van der Waals surface area contributed by atoms with Crippen LogP contribution in [0.5, 0.6) is 0 Å². The summed E-state index contributed by atoms with van der Waals surface area (Å²) in [5.41, 5.74) is 6.87. The Morgan fingerprint density at radius 3 is 2.03 bits per heavy atom. The maximum Gasteiger partial charge on any atom is 0.221 e. The first-order valence-electron chi connectivity index (χ1n) is 9.36. The van der Waals surface area contributed by atoms with E-state index in [2.05, 4.69) is 15.8 Å². The maximum atomic E-state index is 12.7. The van der Waals surface area contributed by atoms with Gasteiger partial charge in [0.15, 0.2) is 0 Å². The van der Waals surface area contributed by atoms with E-state index in [1.165, 1.54) is 6.92 Å². The van der Waals surface area contributed by atoms with Crippen molar-refractivity contribution in [2.45, 2.75) is 30.6 Å². The van der Waals surface area contributed by atoms with Crippen LogP contribution >= 0.6 is 0 Å². The van der Waals surface area contributed by atoms with Crippen LogP contribution in [0.4, 0.5) is 11.4 Å². The molecule has 3 aromatic carbocycles. The average Bonchev–Trinajstić information content (AvgIpc) is 2.72. The molecule has 0 unspecified atom stereocenters. The molecule has 0 heterocycles. The Kier molecular flexibility index (Phi) is 6.32. The van der Waals surface area contributed by atoms with Gasteiger partial charge in [0, 0.05) is 12.6 Å². The van der Waals surface area contributed by atoms with Crippen LogP contribution in [0.1, 0.15) is 25.0 Å². The van der Waals surface area contributed by atoms with E-state index in [1.54, 1.807) is 54.6 Å². The van der Waals surface area contributed by atoms with Gasteiger partial charge < -0.3 is 5.32 Å². The fourth-order valence-corrected chi connectivity index (χ4v) is 4.06. The van der Waals surface area contributed by atoms with Crippen molar-refractivity contribution in [2.24, 2.45) is 5.10 Å². The van der Waals surface area contributed by atoms with Crippen molar-refractivity contribution in [1.82, 2.24) is 0 Å². The molecule has 0 fully saturated rings. The fraction of sp³-hybridized carbons (Fsp3) is 0.130. The van der Waals surface area contributed by atoms with Crippen LogP contribution in [0.3, 0.4) is 0 Å². The highest BCUT2D eigenvalue weighted by atomic mass is 32.2. The number of carbonyl (C=O) groups is 1. The molecule has 3 aromatic rings. The van der Waals surface area contributed by atoms with E-state index >= 15 is 0 Å². The minimum absolute atomic E-state index is 0.138. The molecule has 6 nitrogen and oxygen atoms in total. The van der Waals surface area contributed by atoms with E-state index in [0.717, 1.165) is 16.8 Å². The minimum Gasteiger partial charge on any atom is -0.326 e. The number of nitrogens with zero attached hydrogens (tertiary/aromatic N) is 1. The second-order valence-electron chi connectivity index (χ2n) is 6.91. The summed E-state index contributed by atoms with van der Waals surface area (Å²) < 4.78 is 25.5. The van der Waals surface area contributed by atoms with E-state index in [1.807, 2.05) is 32.0 Å². The van der Waals surface area contributed by atoms with Crippen molar-refractivity contribution >= 4 is 32.8 Å². The highest BCUT2D eigenvalue weighted by molar-refractivity contribution is 7.91. The van der Waals surface area contributed by atoms with E-state index < -0.39 is 9.84 Å². The zero-order chi connectivity index (χ0) is 21.7. The standard InChI is InChI=1S/C23H23N3O3S/c1-16-7-11-22(12-8-16)30(28,29)23-13-9-20(10-14-23)26-25-17(2)19-5-4-6-21(15-19)24-18(3)27/h4-15,26H,1-3H3,(H,24,27)/b25-17-. The number of aryl methyl sites for hydroxylation is 1. The van der Waals surface area contributed by atoms with Crippen LogP contribution in [-0.4, -0.2) is 20.0 Å². The number of rotatable bonds is 6. The number of hydrogen-bond donors (Lipinski definition) is 2. The van der Waals surface area contributed by atoms with Gasteiger partial charge in [-0.25, -0.2) is 8.42 Å². The van der Waals surface area contributed by atoms with Gasteiger partial charge in [0.2, 0.25) is 15.7 Å². The lowest BCUT2D eigenvalue weighted by Crippen LogP contribution is -2.07. The topological polar surface area (TPSA) is 87.6 Å². The molecule has 30 heavy (non-hydrogen) atoms. The van der Waals surface area contributed by atoms with Crippen LogP contribution in [0.15, 0.2) is 87.7 Å². The number of hydrazone groups is 1. The molecular formula is C23H23N3O3S. The highest BCUT2D eigenvalue weighted by Crippen LogP contribution is 2.23. The third kappa shape index (κ3) is 5.12. The minimum atomic E-state index is -3.56. The molecule has 0 bridgehead atoms. The number of anilines is 2. The largest absolute Gasteiger partial charge is 0.326 e. The Morgan fingerprint density at radius 1 is 0.833 bits per heavy atom. The third-order valence-electron chi connectivity index (χ3n) is 4.45. The Morgan fingerprint density at radius 2 is 1.43 bits per heavy atom. The number of hydrogen-bond acceptors (Lipinski definition) is 5. The number of benzene rings is 3. The Balaban J connectivity index is 1.74. The summed E-state index contributed by atoms with van der Waals surface area (Å²) in [4.78, 5) is 11.7. The van der Waals surface area contributed by atoms with Gasteiger partial charge in [0.05, 0.1) is 21.2 Å². The van der Waals surface area contributed by atoms with Gasteiger partial charge in [-0.3, -0.25) is 10.2 Å². The molecule has 0 spiro atoms. The van der Waals surface area contributed by atoms with Gasteiger partial charge in [-0.1, -0.05) is 29.8 Å². The number of carbonyl (C=O) groups excluding carboxylic acids is 1. The molecule has 0 saturated heterocycles. The molecular weight excluding hydrogens is 398 g/mol. The van der Waals surface area contributed by atoms with E-state index in [4.69, 9.17) is 0 Å². The first-order chi connectivity index (χ1) is 14.3. The Bertz CT molecular complexity index is 1180. The van der Waals surface area contributed by atoms with E-state index in [9.17, 15) is 13.2 Å². The van der Waals surface area contributed by atoms with Crippen molar-refractivity contribution in [3.05, 3.63) is 83.9 Å². The van der Waals surface area contributed by atoms with Gasteiger partial charge in [0.1, 0.15) is 0 Å². The average molecular weight is 422 g/mol. The molecule has 154 valence electrons. The van der Waals surface area contributed by atoms with E-state index in [-0.39, 0.29) is 15.7 Å². The first-order valence-corrected chi connectivity index (χ1v) is 10.8. The van der Waals surface area contributed by atoms with Crippen LogP contribution in [0, 0.1) is 6.92 Å². The normalized spacial score (nSPS) is 11.8. The quantitative estimate of drug-likeness (QED) is 0.449. The van der Waals surface area contributed by atoms with Crippen molar-refractivity contribution in [2.75, 3.05) is 10.7 Å². The lowest BCUT2D eigenvalue weighted by Gasteiger charge is -2.08. The highest BCUT2D eigenvalue weighted by Gasteiger charge is 2.17. The predicted octanol–water partition coefficient (Wildman–Crippen LogP) is 4.62. The molecule has 7 heteroatoms. The molecule has 2 N–H and O–H groups in total. The van der Waals surface area contributed by atoms with Gasteiger partial charge in [-0.15, -0.1) is 0 Å². The molecule has 0 aliphatic rings. The second kappa shape index (κ2) is 8.92. The van der Waals surface area contributed by atoms with Gasteiger partial charge in [-0.05, 0) is 67.9 Å². The summed E-state index contributed by atoms with van der Waals surface area (Å²) in [6.45, 7) is 5.21. The van der Waals surface area contributed by atoms with Gasteiger partial charge in [0.25, 0.3) is 0 Å². The monoisotopic (exact) mass is 421 g/mol. The third-order valence-corrected chi connectivity index (χ3v) is 6.23. The van der Waals surface area contributed by atoms with Gasteiger partial charge >= 0.3 is 0 Å². The summed E-state index contributed by atoms with van der Waals surface area (Å²) >= 11 is 0. The molecule has 1 amide bonds. The predicted molar refractivity (Wildman–Crippen MR) is 120 cm³/mol. The molecule has 0 radical (unpaired) electrons. The second-order valence-corrected chi connectivity index (χ2v) is 8.86. The van der Waals surface area contributed by atoms with E-state index in [0.29, 0.717) is 11.4 Å². The number of sulfone groups is 1. The molecule has 3 rings (SSSR count). The smallest absolute Gasteiger partial charge is 0.221 e. The molecule has 0 aromatic heterocycles. The summed E-state index contributed by atoms with van der Waals surface area (Å²) in [6.07, 6.45) is 0. The summed E-state index contributed by atoms with van der Waals surface area (Å²) in [5.74, 6) is -0.138. The molecule has 0 saturated carbocycles. The summed E-state index contributed by atoms with van der Waals surface area (Å²) in [5, 5.41) is 7.09. The van der Waals surface area contributed by atoms with Crippen molar-refractivity contribution < 1.29 is 13.2 Å². The summed E-state index contributed by atoms with van der Waals surface area (Å²) in [6, 6.07) is 20.6. The van der Waals surface area contributed by atoms with Crippen LogP contribution in [0.25, 0.3) is 0 Å². The fourth-order valence-electron chi connectivity index (χ4n) is 2.80. The molecule has 0 atom stereocenters. The lowest BCUT2D eigenvalue weighted by atomic mass is 10.1. The van der Waals surface area contributed by atoms with Crippen molar-refractivity contribution in [3.8, 4) is 0 Å². The lowest BCUT2D eigenvalue weighted by molar-refractivity contribution is -0.114. The first kappa shape index (κ1) is 21.3. The zero-order valence-electron chi connectivity index (χ0n) is 17.0. The van der Waals surface area contributed by atoms with Crippen LogP contribution in [0.2, 0.25) is 0 Å². The number of amides is 1. The van der Waals surface area contributed by atoms with Crippen LogP contribution in [-0.2, 0) is 14.6 Å².